The number of likely N-dealkylation sites (N-methyl/N-ethyl adjacent to an activating group) is 1. The van der Waals surface area contributed by atoms with E-state index in [1.807, 2.05) is 25.6 Å². The van der Waals surface area contributed by atoms with Crippen LogP contribution in [0.2, 0.25) is 0 Å². The van der Waals surface area contributed by atoms with E-state index in [-0.39, 0.29) is 36.4 Å². The van der Waals surface area contributed by atoms with Crippen molar-refractivity contribution in [2.45, 2.75) is 26.8 Å². The van der Waals surface area contributed by atoms with Gasteiger partial charge in [-0.2, -0.15) is 5.10 Å². The predicted octanol–water partition coefficient (Wildman–Crippen LogP) is 0.501. The monoisotopic (exact) mass is 521 g/mol. The summed E-state index contributed by atoms with van der Waals surface area (Å²) < 4.78 is 7.26. The molecule has 10 heteroatoms. The zero-order chi connectivity index (χ0) is 20.5. The van der Waals surface area contributed by atoms with Crippen LogP contribution in [0, 0.1) is 13.8 Å². The number of halogens is 1. The molecule has 0 unspecified atom stereocenters. The molecular weight excluding hydrogens is 485 g/mol. The Hall–Kier alpha value is -1.40. The van der Waals surface area contributed by atoms with Gasteiger partial charge in [-0.15, -0.1) is 24.0 Å². The fourth-order valence-electron chi connectivity index (χ4n) is 3.03. The Bertz CT molecular complexity index is 670. The molecule has 1 aromatic rings. The van der Waals surface area contributed by atoms with Gasteiger partial charge in [0, 0.05) is 52.0 Å². The maximum atomic E-state index is 11.9. The molecule has 0 spiro atoms. The average molecular weight is 521 g/mol. The average Bonchev–Trinajstić information content (AvgIpc) is 2.92. The highest BCUT2D eigenvalue weighted by Crippen LogP contribution is 2.12. The third kappa shape index (κ3) is 8.47. The van der Waals surface area contributed by atoms with E-state index in [0.29, 0.717) is 12.5 Å². The van der Waals surface area contributed by atoms with Crippen LogP contribution in [0.4, 0.5) is 0 Å². The highest BCUT2D eigenvalue weighted by Gasteiger charge is 2.12. The molecule has 29 heavy (non-hydrogen) atoms. The van der Waals surface area contributed by atoms with E-state index >= 15 is 0 Å². The molecule has 2 N–H and O–H groups in total. The second kappa shape index (κ2) is 13.0. The summed E-state index contributed by atoms with van der Waals surface area (Å²) in [5.74, 6) is 0.663. The van der Waals surface area contributed by atoms with E-state index in [4.69, 9.17) is 4.74 Å². The summed E-state index contributed by atoms with van der Waals surface area (Å²) in [6.07, 6.45) is 1.01. The molecule has 1 aromatic heterocycles. The van der Waals surface area contributed by atoms with E-state index in [0.717, 1.165) is 62.8 Å². The smallest absolute Gasteiger partial charge is 0.241 e. The van der Waals surface area contributed by atoms with Crippen molar-refractivity contribution in [3.8, 4) is 0 Å². The second-order valence-corrected chi connectivity index (χ2v) is 7.31. The third-order valence-corrected chi connectivity index (χ3v) is 5.01. The van der Waals surface area contributed by atoms with Gasteiger partial charge in [-0.05, 0) is 26.8 Å². The van der Waals surface area contributed by atoms with Gasteiger partial charge >= 0.3 is 0 Å². The lowest BCUT2D eigenvalue weighted by atomic mass is 10.2. The first-order valence-electron chi connectivity index (χ1n) is 9.90. The number of hydrogen-bond donors (Lipinski definition) is 2. The summed E-state index contributed by atoms with van der Waals surface area (Å²) in [7, 11) is 5.44. The number of nitrogens with zero attached hydrogens (tertiary/aromatic N) is 5. The summed E-state index contributed by atoms with van der Waals surface area (Å²) in [6.45, 7) is 10.2. The SMILES string of the molecule is Cc1nn(C)c(C)c1CN=C(NCCCN1CCOCC1)NCC(=O)N(C)C.I. The fraction of sp³-hybridized carbons (Fsp3) is 0.737. The topological polar surface area (TPSA) is 87.0 Å². The molecule has 0 saturated carbocycles. The van der Waals surface area contributed by atoms with Gasteiger partial charge in [0.15, 0.2) is 5.96 Å². The fourth-order valence-corrected chi connectivity index (χ4v) is 3.03. The van der Waals surface area contributed by atoms with Gasteiger partial charge < -0.3 is 20.3 Å². The molecule has 2 heterocycles. The van der Waals surface area contributed by atoms with Crippen LogP contribution in [0.1, 0.15) is 23.4 Å². The number of aliphatic imine (C=N–C) groups is 1. The van der Waals surface area contributed by atoms with Gasteiger partial charge in [0.1, 0.15) is 0 Å². The lowest BCUT2D eigenvalue weighted by Gasteiger charge is -2.26. The van der Waals surface area contributed by atoms with E-state index in [2.05, 4.69) is 25.6 Å². The van der Waals surface area contributed by atoms with Gasteiger partial charge in [-0.1, -0.05) is 0 Å². The molecule has 0 bridgehead atoms. The van der Waals surface area contributed by atoms with Gasteiger partial charge in [-0.25, -0.2) is 4.99 Å². The first-order valence-corrected chi connectivity index (χ1v) is 9.90. The van der Waals surface area contributed by atoms with Crippen LogP contribution in [0.3, 0.4) is 0 Å². The lowest BCUT2D eigenvalue weighted by molar-refractivity contribution is -0.127. The van der Waals surface area contributed by atoms with Crippen LogP contribution < -0.4 is 10.6 Å². The number of morpholine rings is 1. The molecule has 166 valence electrons. The third-order valence-electron chi connectivity index (χ3n) is 5.01. The molecule has 1 saturated heterocycles. The first kappa shape index (κ1) is 25.6. The number of carbonyl (C=O) groups is 1. The van der Waals surface area contributed by atoms with Crippen molar-refractivity contribution in [1.29, 1.82) is 0 Å². The van der Waals surface area contributed by atoms with Crippen molar-refractivity contribution in [2.75, 3.05) is 60.0 Å². The molecule has 1 aliphatic rings. The van der Waals surface area contributed by atoms with Gasteiger partial charge in [0.25, 0.3) is 0 Å². The van der Waals surface area contributed by atoms with Crippen LogP contribution in [-0.4, -0.2) is 91.5 Å². The van der Waals surface area contributed by atoms with Crippen molar-refractivity contribution in [3.63, 3.8) is 0 Å². The summed E-state index contributed by atoms with van der Waals surface area (Å²) >= 11 is 0. The highest BCUT2D eigenvalue weighted by molar-refractivity contribution is 14.0. The molecule has 1 aliphatic heterocycles. The van der Waals surface area contributed by atoms with Crippen LogP contribution in [0.5, 0.6) is 0 Å². The van der Waals surface area contributed by atoms with E-state index < -0.39 is 0 Å². The van der Waals surface area contributed by atoms with Crippen molar-refractivity contribution in [3.05, 3.63) is 17.0 Å². The predicted molar refractivity (Wildman–Crippen MR) is 126 cm³/mol. The molecule has 0 aromatic carbocycles. The van der Waals surface area contributed by atoms with E-state index in [9.17, 15) is 4.79 Å². The standard InChI is InChI=1S/C19H35N7O2.HI/c1-15-17(16(2)25(5)23-15)13-21-19(22-14-18(27)24(3)4)20-7-6-8-26-9-11-28-12-10-26;/h6-14H2,1-5H3,(H2,20,21,22);1H. The summed E-state index contributed by atoms with van der Waals surface area (Å²) in [4.78, 5) is 20.6. The van der Waals surface area contributed by atoms with Gasteiger partial charge in [-0.3, -0.25) is 14.4 Å². The van der Waals surface area contributed by atoms with Crippen molar-refractivity contribution in [1.82, 2.24) is 30.2 Å². The summed E-state index contributed by atoms with van der Waals surface area (Å²) in [5, 5.41) is 10.9. The number of carbonyl (C=O) groups excluding carboxylic acids is 1. The highest BCUT2D eigenvalue weighted by atomic mass is 127. The minimum atomic E-state index is 0. The van der Waals surface area contributed by atoms with Crippen LogP contribution in [0.25, 0.3) is 0 Å². The molecular formula is C19H36IN7O2. The Morgan fingerprint density at radius 3 is 2.52 bits per heavy atom. The number of ether oxygens (including phenoxy) is 1. The summed E-state index contributed by atoms with van der Waals surface area (Å²) in [6, 6.07) is 0. The second-order valence-electron chi connectivity index (χ2n) is 7.31. The zero-order valence-electron chi connectivity index (χ0n) is 18.3. The normalized spacial score (nSPS) is 15.0. The number of nitrogens with one attached hydrogen (secondary N) is 2. The number of guanidine groups is 1. The van der Waals surface area contributed by atoms with Crippen LogP contribution >= 0.6 is 24.0 Å². The minimum Gasteiger partial charge on any atom is -0.379 e. The Kier molecular flexibility index (Phi) is 11.5. The van der Waals surface area contributed by atoms with Crippen LogP contribution in [0.15, 0.2) is 4.99 Å². The number of aryl methyl sites for hydroxylation is 2. The molecule has 9 nitrogen and oxygen atoms in total. The van der Waals surface area contributed by atoms with Crippen LogP contribution in [-0.2, 0) is 23.1 Å². The lowest BCUT2D eigenvalue weighted by Crippen LogP contribution is -2.44. The maximum absolute atomic E-state index is 11.9. The van der Waals surface area contributed by atoms with E-state index in [1.54, 1.807) is 19.0 Å². The largest absolute Gasteiger partial charge is 0.379 e. The summed E-state index contributed by atoms with van der Waals surface area (Å²) in [5.41, 5.74) is 3.22. The Labute approximate surface area is 191 Å². The minimum absolute atomic E-state index is 0. The van der Waals surface area contributed by atoms with E-state index in [1.165, 1.54) is 0 Å². The quantitative estimate of drug-likeness (QED) is 0.224. The maximum Gasteiger partial charge on any atom is 0.241 e. The zero-order valence-corrected chi connectivity index (χ0v) is 20.7. The van der Waals surface area contributed by atoms with Gasteiger partial charge in [0.05, 0.1) is 32.0 Å². The Morgan fingerprint density at radius 1 is 1.24 bits per heavy atom. The molecule has 0 radical (unpaired) electrons. The van der Waals surface area contributed by atoms with Crippen molar-refractivity contribution < 1.29 is 9.53 Å². The number of aromatic nitrogens is 2. The van der Waals surface area contributed by atoms with Crippen molar-refractivity contribution in [2.24, 2.45) is 12.0 Å². The number of amides is 1. The molecule has 2 rings (SSSR count). The first-order chi connectivity index (χ1) is 13.4. The van der Waals surface area contributed by atoms with Crippen molar-refractivity contribution >= 4 is 35.8 Å². The Balaban J connectivity index is 0.00000420. The molecule has 0 aliphatic carbocycles. The number of rotatable bonds is 8. The molecule has 0 atom stereocenters. The Morgan fingerprint density at radius 2 is 1.93 bits per heavy atom. The van der Waals surface area contributed by atoms with Gasteiger partial charge in [0.2, 0.25) is 5.91 Å². The number of hydrogen-bond acceptors (Lipinski definition) is 5. The molecule has 1 fully saturated rings. The molecule has 1 amide bonds.